The largest absolute Gasteiger partial charge is 0.383 e. The minimum absolute atomic E-state index is 0.305. The highest BCUT2D eigenvalue weighted by molar-refractivity contribution is 6.00. The van der Waals surface area contributed by atoms with Gasteiger partial charge in [0.2, 0.25) is 0 Å². The molecule has 1 aliphatic carbocycles. The molecular weight excluding hydrogens is 368 g/mol. The molecular formula is C20H22N8O. The fourth-order valence-corrected chi connectivity index (χ4v) is 3.43. The van der Waals surface area contributed by atoms with Crippen molar-refractivity contribution >= 4 is 16.9 Å². The van der Waals surface area contributed by atoms with Crippen LogP contribution in [-0.4, -0.2) is 34.9 Å². The van der Waals surface area contributed by atoms with Gasteiger partial charge in [-0.3, -0.25) is 0 Å². The molecule has 9 heteroatoms. The van der Waals surface area contributed by atoms with Gasteiger partial charge in [0.05, 0.1) is 16.5 Å². The lowest BCUT2D eigenvalue weighted by atomic mass is 10.1. The minimum atomic E-state index is -0.305. The van der Waals surface area contributed by atoms with E-state index in [2.05, 4.69) is 45.9 Å². The van der Waals surface area contributed by atoms with E-state index in [-0.39, 0.29) is 5.54 Å². The Bertz CT molecular complexity index is 1210. The predicted octanol–water partition coefficient (Wildman–Crippen LogP) is 3.46. The number of fused-ring (bicyclic) bond motifs is 1. The molecule has 0 spiro atoms. The van der Waals surface area contributed by atoms with Crippen molar-refractivity contribution in [1.29, 1.82) is 0 Å². The standard InChI is InChI=1S/C20H22N8O/c1-10-7-22-18(23-8-10)12-15(27-29-16(12)11-5-6-11)14-13-17(21)24-9-25-19(13)28(26-14)20(2,3)4/h7-9,11H,5-6H2,1-4H3,(H2,21,24,25). The third-order valence-corrected chi connectivity index (χ3v) is 5.02. The number of nitrogens with two attached hydrogens (primary N) is 1. The highest BCUT2D eigenvalue weighted by Gasteiger charge is 2.36. The third kappa shape index (κ3) is 2.84. The molecule has 148 valence electrons. The van der Waals surface area contributed by atoms with Gasteiger partial charge in [-0.05, 0) is 46.1 Å². The van der Waals surface area contributed by atoms with Gasteiger partial charge in [0.25, 0.3) is 0 Å². The number of anilines is 1. The van der Waals surface area contributed by atoms with E-state index >= 15 is 0 Å². The van der Waals surface area contributed by atoms with Gasteiger partial charge in [0.1, 0.15) is 23.5 Å². The number of rotatable bonds is 3. The zero-order valence-electron chi connectivity index (χ0n) is 16.8. The van der Waals surface area contributed by atoms with E-state index in [9.17, 15) is 0 Å². The lowest BCUT2D eigenvalue weighted by Gasteiger charge is -2.19. The molecule has 0 bridgehead atoms. The van der Waals surface area contributed by atoms with Gasteiger partial charge in [0, 0.05) is 18.3 Å². The zero-order valence-corrected chi connectivity index (χ0v) is 16.8. The van der Waals surface area contributed by atoms with Crippen molar-refractivity contribution in [2.75, 3.05) is 5.73 Å². The van der Waals surface area contributed by atoms with Crippen molar-refractivity contribution in [2.45, 2.75) is 52.0 Å². The highest BCUT2D eigenvalue weighted by Crippen LogP contribution is 2.47. The molecule has 2 N–H and O–H groups in total. The SMILES string of the molecule is Cc1cnc(-c2c(-c3nn(C(C)(C)C)c4ncnc(N)c34)noc2C2CC2)nc1. The summed E-state index contributed by atoms with van der Waals surface area (Å²) in [6, 6.07) is 0. The summed E-state index contributed by atoms with van der Waals surface area (Å²) in [6.07, 6.45) is 7.16. The second kappa shape index (κ2) is 6.07. The maximum absolute atomic E-state index is 6.24. The first-order valence-electron chi connectivity index (χ1n) is 9.63. The van der Waals surface area contributed by atoms with Gasteiger partial charge in [-0.1, -0.05) is 5.16 Å². The van der Waals surface area contributed by atoms with Gasteiger partial charge < -0.3 is 10.3 Å². The Balaban J connectivity index is 1.81. The lowest BCUT2D eigenvalue weighted by molar-refractivity contribution is 0.365. The molecule has 29 heavy (non-hydrogen) atoms. The molecule has 1 fully saturated rings. The topological polar surface area (TPSA) is 121 Å². The molecule has 0 atom stereocenters. The van der Waals surface area contributed by atoms with E-state index < -0.39 is 0 Å². The smallest absolute Gasteiger partial charge is 0.165 e. The maximum Gasteiger partial charge on any atom is 0.165 e. The molecule has 0 saturated heterocycles. The Hall–Kier alpha value is -3.36. The summed E-state index contributed by atoms with van der Waals surface area (Å²) >= 11 is 0. The molecule has 1 aliphatic rings. The summed E-state index contributed by atoms with van der Waals surface area (Å²) in [7, 11) is 0. The number of aryl methyl sites for hydroxylation is 1. The first-order chi connectivity index (χ1) is 13.8. The molecule has 4 aromatic rings. The van der Waals surface area contributed by atoms with E-state index in [1.165, 1.54) is 6.33 Å². The van der Waals surface area contributed by atoms with E-state index in [4.69, 9.17) is 15.4 Å². The summed E-state index contributed by atoms with van der Waals surface area (Å²) in [5, 5.41) is 9.89. The van der Waals surface area contributed by atoms with Gasteiger partial charge in [-0.25, -0.2) is 24.6 Å². The number of hydrogen-bond acceptors (Lipinski definition) is 8. The molecule has 9 nitrogen and oxygen atoms in total. The summed E-state index contributed by atoms with van der Waals surface area (Å²) in [4.78, 5) is 17.7. The summed E-state index contributed by atoms with van der Waals surface area (Å²) in [5.41, 5.74) is 9.52. The first-order valence-corrected chi connectivity index (χ1v) is 9.63. The number of nitrogen functional groups attached to an aromatic ring is 1. The molecule has 0 aromatic carbocycles. The Morgan fingerprint density at radius 1 is 1.07 bits per heavy atom. The Kier molecular flexibility index (Phi) is 3.71. The Morgan fingerprint density at radius 3 is 2.45 bits per heavy atom. The zero-order chi connectivity index (χ0) is 20.3. The average molecular weight is 390 g/mol. The molecule has 0 aliphatic heterocycles. The van der Waals surface area contributed by atoms with E-state index in [0.717, 1.165) is 29.7 Å². The van der Waals surface area contributed by atoms with Gasteiger partial charge in [-0.2, -0.15) is 5.10 Å². The number of aromatic nitrogens is 7. The van der Waals surface area contributed by atoms with Gasteiger partial charge >= 0.3 is 0 Å². The quantitative estimate of drug-likeness (QED) is 0.564. The van der Waals surface area contributed by atoms with Crippen molar-refractivity contribution < 1.29 is 4.52 Å². The molecule has 0 amide bonds. The van der Waals surface area contributed by atoms with Crippen LogP contribution in [0.15, 0.2) is 23.2 Å². The summed E-state index contributed by atoms with van der Waals surface area (Å²) < 4.78 is 7.63. The minimum Gasteiger partial charge on any atom is -0.383 e. The second-order valence-electron chi connectivity index (χ2n) is 8.52. The number of hydrogen-bond donors (Lipinski definition) is 1. The normalized spacial score (nSPS) is 14.6. The van der Waals surface area contributed by atoms with Crippen molar-refractivity contribution in [3.63, 3.8) is 0 Å². The van der Waals surface area contributed by atoms with Crippen LogP contribution >= 0.6 is 0 Å². The fourth-order valence-electron chi connectivity index (χ4n) is 3.43. The van der Waals surface area contributed by atoms with Crippen LogP contribution in [-0.2, 0) is 5.54 Å². The van der Waals surface area contributed by atoms with Crippen LogP contribution in [0, 0.1) is 6.92 Å². The first kappa shape index (κ1) is 17.7. The Morgan fingerprint density at radius 2 is 1.79 bits per heavy atom. The van der Waals surface area contributed by atoms with Crippen LogP contribution < -0.4 is 5.73 Å². The van der Waals surface area contributed by atoms with Crippen LogP contribution in [0.3, 0.4) is 0 Å². The van der Waals surface area contributed by atoms with Crippen molar-refractivity contribution in [3.05, 3.63) is 30.0 Å². The molecule has 1 saturated carbocycles. The monoisotopic (exact) mass is 390 g/mol. The molecule has 5 rings (SSSR count). The van der Waals surface area contributed by atoms with Gasteiger partial charge in [-0.15, -0.1) is 0 Å². The molecule has 0 unspecified atom stereocenters. The van der Waals surface area contributed by atoms with Crippen LogP contribution in [0.2, 0.25) is 0 Å². The van der Waals surface area contributed by atoms with Crippen LogP contribution in [0.4, 0.5) is 5.82 Å². The molecule has 4 aromatic heterocycles. The van der Waals surface area contributed by atoms with Crippen LogP contribution in [0.1, 0.15) is 50.9 Å². The highest BCUT2D eigenvalue weighted by atomic mass is 16.5. The van der Waals surface area contributed by atoms with E-state index in [1.54, 1.807) is 12.4 Å². The summed E-state index contributed by atoms with van der Waals surface area (Å²) in [5.74, 6) is 2.06. The fraction of sp³-hybridized carbons (Fsp3) is 0.400. The van der Waals surface area contributed by atoms with Crippen LogP contribution in [0.5, 0.6) is 0 Å². The predicted molar refractivity (Wildman–Crippen MR) is 108 cm³/mol. The van der Waals surface area contributed by atoms with Crippen molar-refractivity contribution in [3.8, 4) is 22.8 Å². The van der Waals surface area contributed by atoms with Crippen LogP contribution in [0.25, 0.3) is 33.8 Å². The Labute approximate surface area is 167 Å². The third-order valence-electron chi connectivity index (χ3n) is 5.02. The molecule has 4 heterocycles. The second-order valence-corrected chi connectivity index (χ2v) is 8.52. The van der Waals surface area contributed by atoms with E-state index in [1.807, 2.05) is 11.6 Å². The van der Waals surface area contributed by atoms with Crippen molar-refractivity contribution in [2.24, 2.45) is 0 Å². The molecule has 0 radical (unpaired) electrons. The number of nitrogens with zero attached hydrogens (tertiary/aromatic N) is 7. The lowest BCUT2D eigenvalue weighted by Crippen LogP contribution is -2.23. The maximum atomic E-state index is 6.24. The van der Waals surface area contributed by atoms with Crippen molar-refractivity contribution in [1.82, 2.24) is 34.9 Å². The average Bonchev–Trinajstić information content (AvgIpc) is 3.28. The summed E-state index contributed by atoms with van der Waals surface area (Å²) in [6.45, 7) is 8.13. The van der Waals surface area contributed by atoms with Gasteiger partial charge in [0.15, 0.2) is 17.2 Å². The van der Waals surface area contributed by atoms with E-state index in [0.29, 0.717) is 40.0 Å².